The minimum absolute atomic E-state index is 0.0657. The summed E-state index contributed by atoms with van der Waals surface area (Å²) in [4.78, 5) is 14.6. The first-order chi connectivity index (χ1) is 11.2. The number of amides is 1. The average Bonchev–Trinajstić information content (AvgIpc) is 2.83. The summed E-state index contributed by atoms with van der Waals surface area (Å²) < 4.78 is 24.8. The molecule has 0 radical (unpaired) electrons. The number of nitrogens with zero attached hydrogens (tertiary/aromatic N) is 1. The molecule has 1 aromatic rings. The van der Waals surface area contributed by atoms with E-state index in [0.717, 1.165) is 12.8 Å². The average molecular weight is 321 g/mol. The molecule has 0 saturated carbocycles. The highest BCUT2D eigenvalue weighted by Gasteiger charge is 2.29. The number of carbonyl (C=O) groups is 1. The molecular formula is C18H24FNO3. The highest BCUT2D eigenvalue weighted by atomic mass is 19.1. The van der Waals surface area contributed by atoms with Crippen LogP contribution in [0.15, 0.2) is 24.3 Å². The first kappa shape index (κ1) is 16.4. The van der Waals surface area contributed by atoms with Crippen molar-refractivity contribution in [3.05, 3.63) is 35.6 Å². The Kier molecular flexibility index (Phi) is 5.62. The zero-order chi connectivity index (χ0) is 16.1. The second kappa shape index (κ2) is 7.88. The predicted octanol–water partition coefficient (Wildman–Crippen LogP) is 2.27. The molecule has 126 valence electrons. The Morgan fingerprint density at radius 2 is 1.96 bits per heavy atom. The molecule has 1 amide bonds. The second-order valence-electron chi connectivity index (χ2n) is 6.41. The van der Waals surface area contributed by atoms with Gasteiger partial charge in [0.2, 0.25) is 5.91 Å². The summed E-state index contributed by atoms with van der Waals surface area (Å²) in [6.07, 6.45) is 2.20. The Morgan fingerprint density at radius 1 is 1.17 bits per heavy atom. The molecule has 1 atom stereocenters. The fourth-order valence-corrected chi connectivity index (χ4v) is 3.38. The van der Waals surface area contributed by atoms with Crippen LogP contribution in [0.4, 0.5) is 4.39 Å². The van der Waals surface area contributed by atoms with Gasteiger partial charge in [0.15, 0.2) is 0 Å². The van der Waals surface area contributed by atoms with Gasteiger partial charge in [-0.3, -0.25) is 4.79 Å². The van der Waals surface area contributed by atoms with Crippen molar-refractivity contribution in [2.45, 2.75) is 19.3 Å². The van der Waals surface area contributed by atoms with Crippen molar-refractivity contribution < 1.29 is 18.7 Å². The Labute approximate surface area is 136 Å². The summed E-state index contributed by atoms with van der Waals surface area (Å²) in [7, 11) is 0. The first-order valence-corrected chi connectivity index (χ1v) is 8.41. The van der Waals surface area contributed by atoms with E-state index in [4.69, 9.17) is 9.47 Å². The summed E-state index contributed by atoms with van der Waals surface area (Å²) in [5, 5.41) is 0. The van der Waals surface area contributed by atoms with Gasteiger partial charge in [-0.2, -0.15) is 0 Å². The van der Waals surface area contributed by atoms with Gasteiger partial charge in [-0.25, -0.2) is 4.39 Å². The molecule has 0 unspecified atom stereocenters. The zero-order valence-electron chi connectivity index (χ0n) is 13.4. The van der Waals surface area contributed by atoms with E-state index in [9.17, 15) is 9.18 Å². The van der Waals surface area contributed by atoms with Gasteiger partial charge in [-0.1, -0.05) is 18.2 Å². The molecule has 1 aromatic carbocycles. The lowest BCUT2D eigenvalue weighted by atomic mass is 9.96. The van der Waals surface area contributed by atoms with E-state index >= 15 is 0 Å². The summed E-state index contributed by atoms with van der Waals surface area (Å²) in [6, 6.07) is 6.84. The van der Waals surface area contributed by atoms with Gasteiger partial charge in [0.05, 0.1) is 13.2 Å². The van der Waals surface area contributed by atoms with Crippen LogP contribution in [0.25, 0.3) is 0 Å². The maximum Gasteiger partial charge on any atom is 0.225 e. The molecule has 2 heterocycles. The maximum atomic E-state index is 13.9. The summed E-state index contributed by atoms with van der Waals surface area (Å²) in [5.41, 5.74) is 0.696. The first-order valence-electron chi connectivity index (χ1n) is 8.41. The van der Waals surface area contributed by atoms with Crippen LogP contribution >= 0.6 is 0 Å². The smallest absolute Gasteiger partial charge is 0.225 e. The molecule has 0 spiro atoms. The van der Waals surface area contributed by atoms with Crippen molar-refractivity contribution in [2.75, 3.05) is 39.5 Å². The van der Waals surface area contributed by atoms with Gasteiger partial charge >= 0.3 is 0 Å². The number of hydrogen-bond donors (Lipinski definition) is 0. The van der Waals surface area contributed by atoms with Gasteiger partial charge in [-0.05, 0) is 30.9 Å². The van der Waals surface area contributed by atoms with Crippen molar-refractivity contribution in [3.8, 4) is 0 Å². The van der Waals surface area contributed by atoms with Gasteiger partial charge in [0, 0.05) is 38.1 Å². The van der Waals surface area contributed by atoms with Crippen LogP contribution in [-0.2, 0) is 20.7 Å². The third-order valence-corrected chi connectivity index (χ3v) is 4.69. The zero-order valence-corrected chi connectivity index (χ0v) is 13.4. The van der Waals surface area contributed by atoms with Crippen molar-refractivity contribution in [3.63, 3.8) is 0 Å². The van der Waals surface area contributed by atoms with Gasteiger partial charge < -0.3 is 14.4 Å². The quantitative estimate of drug-likeness (QED) is 0.857. The summed E-state index contributed by atoms with van der Waals surface area (Å²) in [5.74, 6) is 0.227. The molecule has 2 saturated heterocycles. The van der Waals surface area contributed by atoms with Crippen LogP contribution in [0.1, 0.15) is 18.4 Å². The molecule has 3 rings (SSSR count). The van der Waals surface area contributed by atoms with Crippen LogP contribution in [0, 0.1) is 17.7 Å². The summed E-state index contributed by atoms with van der Waals surface area (Å²) in [6.45, 7) is 3.74. The second-order valence-corrected chi connectivity index (χ2v) is 6.41. The van der Waals surface area contributed by atoms with Crippen molar-refractivity contribution >= 4 is 5.91 Å². The van der Waals surface area contributed by atoms with E-state index < -0.39 is 0 Å². The number of carbonyl (C=O) groups excluding carboxylic acids is 1. The molecule has 0 aromatic heterocycles. The van der Waals surface area contributed by atoms with E-state index in [1.54, 1.807) is 6.07 Å². The molecule has 2 aliphatic rings. The standard InChI is InChI=1S/C18H24FNO3/c19-17-4-2-1-3-16(17)11-14-12-20(7-10-23-13-14)18(21)15-5-8-22-9-6-15/h1-4,14-15H,5-13H2/t14-/m0/s1. The number of benzene rings is 1. The molecule has 5 heteroatoms. The molecule has 2 aliphatic heterocycles. The molecule has 4 nitrogen and oxygen atoms in total. The molecule has 2 fully saturated rings. The lowest BCUT2D eigenvalue weighted by molar-refractivity contribution is -0.138. The lowest BCUT2D eigenvalue weighted by Crippen LogP contribution is -2.41. The van der Waals surface area contributed by atoms with Gasteiger partial charge in [-0.15, -0.1) is 0 Å². The van der Waals surface area contributed by atoms with Crippen LogP contribution in [-0.4, -0.2) is 50.3 Å². The topological polar surface area (TPSA) is 38.8 Å². The number of halogens is 1. The monoisotopic (exact) mass is 321 g/mol. The Hall–Kier alpha value is -1.46. The van der Waals surface area contributed by atoms with Gasteiger partial charge in [0.25, 0.3) is 0 Å². The highest BCUT2D eigenvalue weighted by molar-refractivity contribution is 5.79. The SMILES string of the molecule is O=C(C1CCOCC1)N1CCOC[C@@H](Cc2ccccc2F)C1. The predicted molar refractivity (Wildman–Crippen MR) is 84.5 cm³/mol. The Balaban J connectivity index is 1.63. The molecular weight excluding hydrogens is 297 g/mol. The molecule has 0 bridgehead atoms. The van der Waals surface area contributed by atoms with Crippen molar-refractivity contribution in [1.29, 1.82) is 0 Å². The highest BCUT2D eigenvalue weighted by Crippen LogP contribution is 2.21. The molecule has 23 heavy (non-hydrogen) atoms. The Morgan fingerprint density at radius 3 is 2.74 bits per heavy atom. The normalized spacial score (nSPS) is 23.5. The molecule has 0 aliphatic carbocycles. The third kappa shape index (κ3) is 4.30. The number of ether oxygens (including phenoxy) is 2. The summed E-state index contributed by atoms with van der Waals surface area (Å²) >= 11 is 0. The fraction of sp³-hybridized carbons (Fsp3) is 0.611. The van der Waals surface area contributed by atoms with E-state index in [1.165, 1.54) is 6.07 Å². The van der Waals surface area contributed by atoms with Crippen LogP contribution in [0.5, 0.6) is 0 Å². The van der Waals surface area contributed by atoms with Crippen LogP contribution in [0.2, 0.25) is 0 Å². The van der Waals surface area contributed by atoms with Crippen molar-refractivity contribution in [2.24, 2.45) is 11.8 Å². The number of hydrogen-bond acceptors (Lipinski definition) is 3. The third-order valence-electron chi connectivity index (χ3n) is 4.69. The Bertz CT molecular complexity index is 531. The van der Waals surface area contributed by atoms with E-state index in [2.05, 4.69) is 0 Å². The minimum Gasteiger partial charge on any atom is -0.381 e. The van der Waals surface area contributed by atoms with Gasteiger partial charge in [0.1, 0.15) is 5.82 Å². The largest absolute Gasteiger partial charge is 0.381 e. The maximum absolute atomic E-state index is 13.9. The van der Waals surface area contributed by atoms with Crippen molar-refractivity contribution in [1.82, 2.24) is 4.90 Å². The van der Waals surface area contributed by atoms with E-state index in [0.29, 0.717) is 51.5 Å². The molecule has 0 N–H and O–H groups in total. The van der Waals surface area contributed by atoms with E-state index in [1.807, 2.05) is 17.0 Å². The minimum atomic E-state index is -0.181. The number of rotatable bonds is 3. The van der Waals surface area contributed by atoms with Crippen LogP contribution in [0.3, 0.4) is 0 Å². The van der Waals surface area contributed by atoms with Crippen LogP contribution < -0.4 is 0 Å². The fourth-order valence-electron chi connectivity index (χ4n) is 3.38. The lowest BCUT2D eigenvalue weighted by Gasteiger charge is -2.29. The van der Waals surface area contributed by atoms with E-state index in [-0.39, 0.29) is 23.6 Å².